The summed E-state index contributed by atoms with van der Waals surface area (Å²) in [5.74, 6) is -0.00663. The average molecular weight is 335 g/mol. The molecule has 0 saturated carbocycles. The Bertz CT molecular complexity index is 900. The zero-order valence-electron chi connectivity index (χ0n) is 13.8. The maximum atomic E-state index is 13.2. The summed E-state index contributed by atoms with van der Waals surface area (Å²) in [7, 11) is 0. The van der Waals surface area contributed by atoms with Crippen LogP contribution >= 0.6 is 0 Å². The molecule has 0 atom stereocenters. The molecular weight excluding hydrogens is 317 g/mol. The van der Waals surface area contributed by atoms with Crippen LogP contribution in [-0.2, 0) is 11.3 Å². The second-order valence-electron chi connectivity index (χ2n) is 5.69. The standard InChI is InChI=1S/C20H18FN3O/c1-15-12-19(24(23-15)14-17-6-3-2-4-7-17)22-20(25)11-10-16-8-5-9-18(21)13-16/h2-13H,14H2,1H3,(H,22,25)/b11-10+. The highest BCUT2D eigenvalue weighted by molar-refractivity contribution is 6.01. The van der Waals surface area contributed by atoms with E-state index in [1.807, 2.05) is 43.3 Å². The zero-order chi connectivity index (χ0) is 17.6. The van der Waals surface area contributed by atoms with Crippen LogP contribution in [0.5, 0.6) is 0 Å². The van der Waals surface area contributed by atoms with Crippen molar-refractivity contribution in [1.29, 1.82) is 0 Å². The van der Waals surface area contributed by atoms with E-state index in [0.29, 0.717) is 17.9 Å². The van der Waals surface area contributed by atoms with E-state index >= 15 is 0 Å². The Kier molecular flexibility index (Phi) is 5.04. The molecule has 126 valence electrons. The Balaban J connectivity index is 1.71. The first kappa shape index (κ1) is 16.6. The third-order valence-corrected chi connectivity index (χ3v) is 3.60. The van der Waals surface area contributed by atoms with Gasteiger partial charge in [0.15, 0.2) is 0 Å². The SMILES string of the molecule is Cc1cc(NC(=O)/C=C/c2cccc(F)c2)n(Cc2ccccc2)n1. The van der Waals surface area contributed by atoms with Gasteiger partial charge in [0.1, 0.15) is 11.6 Å². The fourth-order valence-electron chi connectivity index (χ4n) is 2.47. The predicted molar refractivity (Wildman–Crippen MR) is 96.6 cm³/mol. The first-order valence-electron chi connectivity index (χ1n) is 7.93. The highest BCUT2D eigenvalue weighted by Gasteiger charge is 2.08. The number of hydrogen-bond acceptors (Lipinski definition) is 2. The molecule has 1 heterocycles. The van der Waals surface area contributed by atoms with E-state index in [9.17, 15) is 9.18 Å². The number of aryl methyl sites for hydroxylation is 1. The Hall–Kier alpha value is -3.21. The second-order valence-corrected chi connectivity index (χ2v) is 5.69. The number of carbonyl (C=O) groups is 1. The molecule has 0 unspecified atom stereocenters. The van der Waals surface area contributed by atoms with Crippen LogP contribution in [0.1, 0.15) is 16.8 Å². The molecule has 5 heteroatoms. The van der Waals surface area contributed by atoms with Gasteiger partial charge in [0, 0.05) is 12.1 Å². The third-order valence-electron chi connectivity index (χ3n) is 3.60. The van der Waals surface area contributed by atoms with Crippen LogP contribution in [0, 0.1) is 12.7 Å². The van der Waals surface area contributed by atoms with E-state index in [1.54, 1.807) is 22.9 Å². The van der Waals surface area contributed by atoms with Crippen LogP contribution in [0.25, 0.3) is 6.08 Å². The molecule has 3 aromatic rings. The number of aromatic nitrogens is 2. The maximum Gasteiger partial charge on any atom is 0.249 e. The Morgan fingerprint density at radius 2 is 1.96 bits per heavy atom. The number of nitrogens with one attached hydrogen (secondary N) is 1. The first-order valence-corrected chi connectivity index (χ1v) is 7.93. The molecule has 1 aromatic heterocycles. The molecule has 2 aromatic carbocycles. The fraction of sp³-hybridized carbons (Fsp3) is 0.100. The molecule has 4 nitrogen and oxygen atoms in total. The molecule has 0 spiro atoms. The van der Waals surface area contributed by atoms with Crippen LogP contribution in [0.2, 0.25) is 0 Å². The lowest BCUT2D eigenvalue weighted by atomic mass is 10.2. The van der Waals surface area contributed by atoms with Gasteiger partial charge in [0.25, 0.3) is 0 Å². The lowest BCUT2D eigenvalue weighted by Crippen LogP contribution is -2.13. The van der Waals surface area contributed by atoms with Crippen LogP contribution < -0.4 is 5.32 Å². The summed E-state index contributed by atoms with van der Waals surface area (Å²) < 4.78 is 14.9. The molecule has 0 aliphatic carbocycles. The number of rotatable bonds is 5. The summed E-state index contributed by atoms with van der Waals surface area (Å²) in [5.41, 5.74) is 2.54. The number of halogens is 1. The van der Waals surface area contributed by atoms with Crippen molar-refractivity contribution in [1.82, 2.24) is 9.78 Å². The van der Waals surface area contributed by atoms with E-state index in [1.165, 1.54) is 18.2 Å². The minimum atomic E-state index is -0.334. The largest absolute Gasteiger partial charge is 0.307 e. The number of anilines is 1. The molecule has 0 bridgehead atoms. The van der Waals surface area contributed by atoms with Crippen LogP contribution in [-0.4, -0.2) is 15.7 Å². The molecule has 0 saturated heterocycles. The van der Waals surface area contributed by atoms with Crippen molar-refractivity contribution < 1.29 is 9.18 Å². The molecule has 0 aliphatic heterocycles. The van der Waals surface area contributed by atoms with Crippen molar-refractivity contribution in [3.05, 3.63) is 89.4 Å². The molecule has 3 rings (SSSR count). The normalized spacial score (nSPS) is 11.0. The van der Waals surface area contributed by atoms with E-state index < -0.39 is 0 Å². The zero-order valence-corrected chi connectivity index (χ0v) is 13.8. The van der Waals surface area contributed by atoms with Crippen molar-refractivity contribution in [2.75, 3.05) is 5.32 Å². The lowest BCUT2D eigenvalue weighted by Gasteiger charge is -2.07. The first-order chi connectivity index (χ1) is 12.1. The topological polar surface area (TPSA) is 46.9 Å². The van der Waals surface area contributed by atoms with Gasteiger partial charge in [-0.2, -0.15) is 5.10 Å². The Labute approximate surface area is 145 Å². The molecule has 0 fully saturated rings. The number of hydrogen-bond donors (Lipinski definition) is 1. The Morgan fingerprint density at radius 1 is 1.16 bits per heavy atom. The van der Waals surface area contributed by atoms with Gasteiger partial charge >= 0.3 is 0 Å². The van der Waals surface area contributed by atoms with E-state index in [0.717, 1.165) is 11.3 Å². The van der Waals surface area contributed by atoms with Gasteiger partial charge < -0.3 is 5.32 Å². The summed E-state index contributed by atoms with van der Waals surface area (Å²) in [4.78, 5) is 12.2. The number of nitrogens with zero attached hydrogens (tertiary/aromatic N) is 2. The summed E-state index contributed by atoms with van der Waals surface area (Å²) in [5, 5.41) is 7.23. The van der Waals surface area contributed by atoms with Crippen LogP contribution in [0.4, 0.5) is 10.2 Å². The predicted octanol–water partition coefficient (Wildman–Crippen LogP) is 4.03. The quantitative estimate of drug-likeness (QED) is 0.716. The van der Waals surface area contributed by atoms with Gasteiger partial charge in [-0.05, 0) is 36.3 Å². The number of amides is 1. The van der Waals surface area contributed by atoms with Crippen molar-refractivity contribution in [3.8, 4) is 0 Å². The van der Waals surface area contributed by atoms with Gasteiger partial charge in [-0.1, -0.05) is 42.5 Å². The second kappa shape index (κ2) is 7.57. The molecule has 0 radical (unpaired) electrons. The number of benzene rings is 2. The number of carbonyl (C=O) groups excluding carboxylic acids is 1. The summed E-state index contributed by atoms with van der Waals surface area (Å²) in [6.45, 7) is 2.44. The van der Waals surface area contributed by atoms with Crippen molar-refractivity contribution >= 4 is 17.8 Å². The van der Waals surface area contributed by atoms with Gasteiger partial charge in [0.05, 0.1) is 12.2 Å². The van der Waals surface area contributed by atoms with Crippen molar-refractivity contribution in [2.45, 2.75) is 13.5 Å². The Morgan fingerprint density at radius 3 is 2.72 bits per heavy atom. The summed E-state index contributed by atoms with van der Waals surface area (Å²) >= 11 is 0. The van der Waals surface area contributed by atoms with Gasteiger partial charge in [-0.15, -0.1) is 0 Å². The maximum absolute atomic E-state index is 13.2. The molecule has 25 heavy (non-hydrogen) atoms. The van der Waals surface area contributed by atoms with Crippen LogP contribution in [0.15, 0.2) is 66.7 Å². The summed E-state index contributed by atoms with van der Waals surface area (Å²) in [6.07, 6.45) is 2.95. The molecule has 0 aliphatic rings. The van der Waals surface area contributed by atoms with E-state index in [-0.39, 0.29) is 11.7 Å². The van der Waals surface area contributed by atoms with E-state index in [4.69, 9.17) is 0 Å². The minimum absolute atomic E-state index is 0.293. The summed E-state index contributed by atoms with van der Waals surface area (Å²) in [6, 6.07) is 17.8. The highest BCUT2D eigenvalue weighted by atomic mass is 19.1. The van der Waals surface area contributed by atoms with Gasteiger partial charge in [-0.25, -0.2) is 9.07 Å². The monoisotopic (exact) mass is 335 g/mol. The van der Waals surface area contributed by atoms with Crippen molar-refractivity contribution in [3.63, 3.8) is 0 Å². The van der Waals surface area contributed by atoms with Crippen molar-refractivity contribution in [2.24, 2.45) is 0 Å². The van der Waals surface area contributed by atoms with Gasteiger partial charge in [-0.3, -0.25) is 4.79 Å². The minimum Gasteiger partial charge on any atom is -0.307 e. The molecule has 1 N–H and O–H groups in total. The smallest absolute Gasteiger partial charge is 0.249 e. The van der Waals surface area contributed by atoms with E-state index in [2.05, 4.69) is 10.4 Å². The lowest BCUT2D eigenvalue weighted by molar-refractivity contribution is -0.111. The van der Waals surface area contributed by atoms with Gasteiger partial charge in [0.2, 0.25) is 5.91 Å². The molecular formula is C20H18FN3O. The average Bonchev–Trinajstić information content (AvgIpc) is 2.93. The van der Waals surface area contributed by atoms with Crippen LogP contribution in [0.3, 0.4) is 0 Å². The molecule has 1 amide bonds. The highest BCUT2D eigenvalue weighted by Crippen LogP contribution is 2.13. The fourth-order valence-corrected chi connectivity index (χ4v) is 2.47. The third kappa shape index (κ3) is 4.64.